The van der Waals surface area contributed by atoms with Gasteiger partial charge in [-0.3, -0.25) is 0 Å². The summed E-state index contributed by atoms with van der Waals surface area (Å²) in [7, 11) is 0. The maximum atomic E-state index is 4.62. The van der Waals surface area contributed by atoms with Crippen molar-refractivity contribution in [2.24, 2.45) is 11.8 Å². The lowest BCUT2D eigenvalue weighted by Crippen LogP contribution is -2.24. The third-order valence-corrected chi connectivity index (χ3v) is 4.22. The topological polar surface area (TPSA) is 37.8 Å². The Morgan fingerprint density at radius 3 is 2.68 bits per heavy atom. The number of aryl methyl sites for hydroxylation is 1. The maximum Gasteiger partial charge on any atom is 0.133 e. The number of aromatic nitrogens is 2. The van der Waals surface area contributed by atoms with E-state index in [9.17, 15) is 0 Å². The molecule has 1 aliphatic rings. The first-order valence-electron chi connectivity index (χ1n) is 7.65. The normalized spacial score (nSPS) is 23.6. The summed E-state index contributed by atoms with van der Waals surface area (Å²) >= 11 is 0. The van der Waals surface area contributed by atoms with Crippen LogP contribution in [-0.2, 0) is 0 Å². The van der Waals surface area contributed by atoms with E-state index in [1.54, 1.807) is 0 Å². The molecule has 19 heavy (non-hydrogen) atoms. The Balaban J connectivity index is 1.98. The fraction of sp³-hybridized carbons (Fsp3) is 0.750. The average molecular weight is 261 g/mol. The summed E-state index contributed by atoms with van der Waals surface area (Å²) in [6.07, 6.45) is 5.53. The molecule has 0 radical (unpaired) electrons. The number of nitrogens with one attached hydrogen (secondary N) is 1. The fourth-order valence-corrected chi connectivity index (χ4v) is 2.87. The lowest BCUT2D eigenvalue weighted by molar-refractivity contribution is 0.268. The van der Waals surface area contributed by atoms with Gasteiger partial charge in [-0.25, -0.2) is 9.97 Å². The minimum absolute atomic E-state index is 0.383. The molecule has 1 N–H and O–H groups in total. The standard InChI is InChI=1S/C16H27N3/c1-11(2)16-18-13(4)9-15(19-16)17-10-14-8-6-5-7-12(14)3/h9,11-12,14H,5-8,10H2,1-4H3,(H,17,18,19). The number of rotatable bonds is 4. The van der Waals surface area contributed by atoms with E-state index in [-0.39, 0.29) is 0 Å². The van der Waals surface area contributed by atoms with E-state index in [0.29, 0.717) is 5.92 Å². The molecule has 2 atom stereocenters. The molecule has 0 spiro atoms. The molecular formula is C16H27N3. The molecule has 106 valence electrons. The second-order valence-corrected chi connectivity index (χ2v) is 6.31. The molecule has 3 heteroatoms. The van der Waals surface area contributed by atoms with Crippen molar-refractivity contribution >= 4 is 5.82 Å². The lowest BCUT2D eigenvalue weighted by atomic mass is 9.80. The van der Waals surface area contributed by atoms with Crippen molar-refractivity contribution in [2.45, 2.75) is 59.3 Å². The van der Waals surface area contributed by atoms with Crippen molar-refractivity contribution in [3.8, 4) is 0 Å². The predicted octanol–water partition coefficient (Wildman–Crippen LogP) is 4.15. The van der Waals surface area contributed by atoms with Crippen molar-refractivity contribution in [3.05, 3.63) is 17.6 Å². The second kappa shape index (κ2) is 6.36. The lowest BCUT2D eigenvalue weighted by Gasteiger charge is -2.29. The van der Waals surface area contributed by atoms with Gasteiger partial charge in [0.2, 0.25) is 0 Å². The Morgan fingerprint density at radius 1 is 1.26 bits per heavy atom. The summed E-state index contributed by atoms with van der Waals surface area (Å²) in [5, 5.41) is 3.53. The van der Waals surface area contributed by atoms with Crippen molar-refractivity contribution in [1.29, 1.82) is 0 Å². The zero-order valence-corrected chi connectivity index (χ0v) is 12.7. The van der Waals surface area contributed by atoms with Gasteiger partial charge in [-0.2, -0.15) is 0 Å². The van der Waals surface area contributed by atoms with Gasteiger partial charge in [0.1, 0.15) is 11.6 Å². The highest BCUT2D eigenvalue weighted by molar-refractivity contribution is 5.36. The van der Waals surface area contributed by atoms with Crippen LogP contribution in [0.2, 0.25) is 0 Å². The van der Waals surface area contributed by atoms with E-state index >= 15 is 0 Å². The summed E-state index contributed by atoms with van der Waals surface area (Å²) in [4.78, 5) is 9.11. The number of nitrogens with zero attached hydrogens (tertiary/aromatic N) is 2. The molecule has 2 rings (SSSR count). The molecule has 3 nitrogen and oxygen atoms in total. The van der Waals surface area contributed by atoms with E-state index in [2.05, 4.69) is 42.1 Å². The first kappa shape index (κ1) is 14.3. The van der Waals surface area contributed by atoms with Crippen LogP contribution in [0.3, 0.4) is 0 Å². The van der Waals surface area contributed by atoms with Crippen molar-refractivity contribution in [1.82, 2.24) is 9.97 Å². The summed E-state index contributed by atoms with van der Waals surface area (Å²) in [6.45, 7) is 9.76. The second-order valence-electron chi connectivity index (χ2n) is 6.31. The monoisotopic (exact) mass is 261 g/mol. The highest BCUT2D eigenvalue weighted by Crippen LogP contribution is 2.29. The Kier molecular flexibility index (Phi) is 4.78. The maximum absolute atomic E-state index is 4.62. The number of hydrogen-bond acceptors (Lipinski definition) is 3. The molecule has 1 heterocycles. The van der Waals surface area contributed by atoms with Gasteiger partial charge < -0.3 is 5.32 Å². The number of anilines is 1. The van der Waals surface area contributed by atoms with Gasteiger partial charge >= 0.3 is 0 Å². The Labute approximate surface area is 117 Å². The molecule has 1 aromatic rings. The fourth-order valence-electron chi connectivity index (χ4n) is 2.87. The van der Waals surface area contributed by atoms with Gasteiger partial charge in [-0.15, -0.1) is 0 Å². The highest BCUT2D eigenvalue weighted by Gasteiger charge is 2.21. The minimum Gasteiger partial charge on any atom is -0.370 e. The van der Waals surface area contributed by atoms with Crippen LogP contribution in [0.5, 0.6) is 0 Å². The van der Waals surface area contributed by atoms with Crippen molar-refractivity contribution in [2.75, 3.05) is 11.9 Å². The quantitative estimate of drug-likeness (QED) is 0.885. The largest absolute Gasteiger partial charge is 0.370 e. The van der Waals surface area contributed by atoms with E-state index in [1.807, 2.05) is 6.92 Å². The third-order valence-electron chi connectivity index (χ3n) is 4.22. The van der Waals surface area contributed by atoms with E-state index in [4.69, 9.17) is 0 Å². The molecule has 0 saturated heterocycles. The molecule has 0 aromatic carbocycles. The van der Waals surface area contributed by atoms with Gasteiger partial charge in [0.05, 0.1) is 0 Å². The molecule has 1 fully saturated rings. The molecule has 0 aliphatic heterocycles. The van der Waals surface area contributed by atoms with Crippen LogP contribution in [0.25, 0.3) is 0 Å². The highest BCUT2D eigenvalue weighted by atomic mass is 15.0. The van der Waals surface area contributed by atoms with Crippen LogP contribution in [0, 0.1) is 18.8 Å². The van der Waals surface area contributed by atoms with E-state index in [0.717, 1.165) is 35.7 Å². The summed E-state index contributed by atoms with van der Waals surface area (Å²) < 4.78 is 0. The zero-order valence-electron chi connectivity index (χ0n) is 12.7. The molecule has 1 aliphatic carbocycles. The molecule has 2 unspecified atom stereocenters. The van der Waals surface area contributed by atoms with Gasteiger partial charge in [0.25, 0.3) is 0 Å². The summed E-state index contributed by atoms with van der Waals surface area (Å²) in [6, 6.07) is 2.05. The molecular weight excluding hydrogens is 234 g/mol. The summed E-state index contributed by atoms with van der Waals surface area (Å²) in [5.74, 6) is 3.96. The van der Waals surface area contributed by atoms with Crippen LogP contribution in [0.15, 0.2) is 6.07 Å². The van der Waals surface area contributed by atoms with Crippen LogP contribution in [0.1, 0.15) is 63.9 Å². The van der Waals surface area contributed by atoms with Crippen molar-refractivity contribution in [3.63, 3.8) is 0 Å². The zero-order chi connectivity index (χ0) is 13.8. The first-order valence-corrected chi connectivity index (χ1v) is 7.65. The van der Waals surface area contributed by atoms with Gasteiger partial charge in [0.15, 0.2) is 0 Å². The Morgan fingerprint density at radius 2 is 2.00 bits per heavy atom. The van der Waals surface area contributed by atoms with Crippen molar-refractivity contribution < 1.29 is 0 Å². The Hall–Kier alpha value is -1.12. The number of hydrogen-bond donors (Lipinski definition) is 1. The van der Waals surface area contributed by atoms with Crippen LogP contribution in [-0.4, -0.2) is 16.5 Å². The molecule has 1 saturated carbocycles. The predicted molar refractivity (Wildman–Crippen MR) is 80.5 cm³/mol. The van der Waals surface area contributed by atoms with Gasteiger partial charge in [-0.1, -0.05) is 40.0 Å². The summed E-state index contributed by atoms with van der Waals surface area (Å²) in [5.41, 5.74) is 1.05. The van der Waals surface area contributed by atoms with Crippen LogP contribution < -0.4 is 5.32 Å². The smallest absolute Gasteiger partial charge is 0.133 e. The first-order chi connectivity index (χ1) is 9.06. The van der Waals surface area contributed by atoms with Gasteiger partial charge in [0, 0.05) is 24.2 Å². The van der Waals surface area contributed by atoms with E-state index < -0.39 is 0 Å². The minimum atomic E-state index is 0.383. The molecule has 0 bridgehead atoms. The van der Waals surface area contributed by atoms with Crippen LogP contribution >= 0.6 is 0 Å². The molecule has 0 amide bonds. The Bertz CT molecular complexity index is 414. The van der Waals surface area contributed by atoms with Crippen LogP contribution in [0.4, 0.5) is 5.82 Å². The van der Waals surface area contributed by atoms with E-state index in [1.165, 1.54) is 25.7 Å². The molecule has 1 aromatic heterocycles. The van der Waals surface area contributed by atoms with Gasteiger partial charge in [-0.05, 0) is 25.2 Å². The third kappa shape index (κ3) is 3.92. The SMILES string of the molecule is Cc1cc(NCC2CCCCC2C)nc(C(C)C)n1. The average Bonchev–Trinajstić information content (AvgIpc) is 2.37.